The van der Waals surface area contributed by atoms with Crippen LogP contribution < -0.4 is 27.8 Å². The number of aliphatic carboxylic acids is 1. The van der Waals surface area contributed by atoms with Crippen LogP contribution in [-0.4, -0.2) is 86.2 Å². The Kier molecular flexibility index (Phi) is 10.3. The zero-order valence-electron chi connectivity index (χ0n) is 19.6. The number of hydrogen-bond acceptors (Lipinski definition) is 8. The number of carbonyl (C=O) groups is 6. The SMILES string of the molecule is NC(=O)CCC(N)C(=O)NC(CCC(N)=O)C(=O)NC(Cc1cnc[nH]1)C(=O)N1CCCC1C(=O)O. The number of primary amides is 2. The molecule has 2 rings (SSSR count). The molecule has 1 saturated heterocycles. The van der Waals surface area contributed by atoms with Crippen LogP contribution in [0.5, 0.6) is 0 Å². The largest absolute Gasteiger partial charge is 0.480 e. The summed E-state index contributed by atoms with van der Waals surface area (Å²) in [7, 11) is 0. The zero-order chi connectivity index (χ0) is 26.8. The zero-order valence-corrected chi connectivity index (χ0v) is 19.6. The summed E-state index contributed by atoms with van der Waals surface area (Å²) in [5.41, 5.74) is 16.5. The second kappa shape index (κ2) is 13.2. The van der Waals surface area contributed by atoms with Crippen molar-refractivity contribution in [3.8, 4) is 0 Å². The normalized spacial score (nSPS) is 17.6. The van der Waals surface area contributed by atoms with E-state index in [-0.39, 0.29) is 45.1 Å². The summed E-state index contributed by atoms with van der Waals surface area (Å²) in [6.45, 7) is 0.210. The number of carboxylic acids is 1. The Morgan fingerprint density at radius 1 is 1.06 bits per heavy atom. The fraction of sp³-hybridized carbons (Fsp3) is 0.571. The number of nitrogens with two attached hydrogens (primary N) is 3. The van der Waals surface area contributed by atoms with Crippen molar-refractivity contribution in [3.05, 3.63) is 18.2 Å². The molecule has 0 aliphatic carbocycles. The first-order valence-corrected chi connectivity index (χ1v) is 11.4. The van der Waals surface area contributed by atoms with Crippen LogP contribution in [0.4, 0.5) is 0 Å². The van der Waals surface area contributed by atoms with Gasteiger partial charge in [0.1, 0.15) is 18.1 Å². The third-order valence-electron chi connectivity index (χ3n) is 5.77. The van der Waals surface area contributed by atoms with Crippen molar-refractivity contribution in [1.82, 2.24) is 25.5 Å². The van der Waals surface area contributed by atoms with Crippen LogP contribution >= 0.6 is 0 Å². The van der Waals surface area contributed by atoms with E-state index in [1.54, 1.807) is 0 Å². The average Bonchev–Trinajstić information content (AvgIpc) is 3.51. The van der Waals surface area contributed by atoms with Gasteiger partial charge >= 0.3 is 5.97 Å². The lowest BCUT2D eigenvalue weighted by Crippen LogP contribution is -2.57. The Balaban J connectivity index is 2.20. The Morgan fingerprint density at radius 3 is 2.28 bits per heavy atom. The first-order chi connectivity index (χ1) is 17.0. The molecule has 15 nitrogen and oxygen atoms in total. The van der Waals surface area contributed by atoms with Crippen molar-refractivity contribution in [2.45, 2.75) is 69.1 Å². The number of aromatic nitrogens is 2. The summed E-state index contributed by atoms with van der Waals surface area (Å²) in [5.74, 6) is -4.68. The fourth-order valence-electron chi connectivity index (χ4n) is 3.84. The second-order valence-electron chi connectivity index (χ2n) is 8.55. The number of nitrogens with zero attached hydrogens (tertiary/aromatic N) is 2. The predicted molar refractivity (Wildman–Crippen MR) is 123 cm³/mol. The number of imidazole rings is 1. The number of aromatic amines is 1. The van der Waals surface area contributed by atoms with Gasteiger partial charge < -0.3 is 42.8 Å². The van der Waals surface area contributed by atoms with Gasteiger partial charge in [0.2, 0.25) is 29.5 Å². The molecule has 2 heterocycles. The maximum absolute atomic E-state index is 13.3. The van der Waals surface area contributed by atoms with Gasteiger partial charge in [-0.05, 0) is 25.7 Å². The molecular weight excluding hydrogens is 476 g/mol. The smallest absolute Gasteiger partial charge is 0.326 e. The molecule has 0 aromatic carbocycles. The van der Waals surface area contributed by atoms with E-state index in [9.17, 15) is 33.9 Å². The molecule has 5 amide bonds. The molecule has 1 aromatic heterocycles. The highest BCUT2D eigenvalue weighted by atomic mass is 16.4. The van der Waals surface area contributed by atoms with Gasteiger partial charge in [0.15, 0.2) is 0 Å². The molecule has 198 valence electrons. The molecule has 1 fully saturated rings. The molecule has 10 N–H and O–H groups in total. The number of amides is 5. The Hall–Kier alpha value is -4.01. The Bertz CT molecular complexity index is 967. The van der Waals surface area contributed by atoms with Crippen LogP contribution in [0.3, 0.4) is 0 Å². The fourth-order valence-corrected chi connectivity index (χ4v) is 3.84. The summed E-state index contributed by atoms with van der Waals surface area (Å²) in [6.07, 6.45) is 2.96. The minimum Gasteiger partial charge on any atom is -0.480 e. The molecule has 0 bridgehead atoms. The van der Waals surface area contributed by atoms with Gasteiger partial charge in [-0.3, -0.25) is 24.0 Å². The highest BCUT2D eigenvalue weighted by Crippen LogP contribution is 2.19. The van der Waals surface area contributed by atoms with E-state index in [0.29, 0.717) is 12.1 Å². The summed E-state index contributed by atoms with van der Waals surface area (Å²) in [6, 6.07) is -4.64. The monoisotopic (exact) mass is 508 g/mol. The van der Waals surface area contributed by atoms with Crippen LogP contribution in [0, 0.1) is 0 Å². The van der Waals surface area contributed by atoms with Crippen molar-refractivity contribution in [1.29, 1.82) is 0 Å². The standard InChI is InChI=1S/C21H32N8O7/c22-12(3-5-16(23)30)18(32)27-13(4-6-17(24)31)19(33)28-14(8-11-9-25-10-26-11)20(34)29-7-1-2-15(29)21(35)36/h9-10,12-15H,1-8,22H2,(H2,23,30)(H2,24,31)(H,25,26)(H,27,32)(H,28,33)(H,35,36). The Morgan fingerprint density at radius 2 is 1.69 bits per heavy atom. The van der Waals surface area contributed by atoms with Crippen LogP contribution in [-0.2, 0) is 35.2 Å². The topological polar surface area (TPSA) is 257 Å². The molecule has 4 atom stereocenters. The van der Waals surface area contributed by atoms with E-state index in [1.807, 2.05) is 0 Å². The number of hydrogen-bond donors (Lipinski definition) is 7. The van der Waals surface area contributed by atoms with Crippen molar-refractivity contribution < 1.29 is 33.9 Å². The molecule has 4 unspecified atom stereocenters. The third kappa shape index (κ3) is 8.33. The summed E-state index contributed by atoms with van der Waals surface area (Å²) in [4.78, 5) is 80.7. The van der Waals surface area contributed by atoms with E-state index in [2.05, 4.69) is 20.6 Å². The van der Waals surface area contributed by atoms with Gasteiger partial charge in [-0.15, -0.1) is 0 Å². The molecule has 0 radical (unpaired) electrons. The average molecular weight is 509 g/mol. The molecule has 0 saturated carbocycles. The maximum atomic E-state index is 13.3. The van der Waals surface area contributed by atoms with Crippen LogP contribution in [0.2, 0.25) is 0 Å². The molecule has 36 heavy (non-hydrogen) atoms. The van der Waals surface area contributed by atoms with Gasteiger partial charge in [0.25, 0.3) is 0 Å². The lowest BCUT2D eigenvalue weighted by atomic mass is 10.1. The molecule has 1 aromatic rings. The van der Waals surface area contributed by atoms with Gasteiger partial charge in [-0.1, -0.05) is 0 Å². The van der Waals surface area contributed by atoms with E-state index in [4.69, 9.17) is 17.2 Å². The minimum absolute atomic E-state index is 0.0258. The highest BCUT2D eigenvalue weighted by molar-refractivity contribution is 5.94. The molecule has 0 spiro atoms. The predicted octanol–water partition coefficient (Wildman–Crippen LogP) is -3.14. The van der Waals surface area contributed by atoms with Crippen molar-refractivity contribution in [3.63, 3.8) is 0 Å². The minimum atomic E-state index is -1.28. The van der Waals surface area contributed by atoms with Gasteiger partial charge in [0, 0.05) is 37.7 Å². The van der Waals surface area contributed by atoms with E-state index >= 15 is 0 Å². The second-order valence-corrected chi connectivity index (χ2v) is 8.55. The van der Waals surface area contributed by atoms with Crippen molar-refractivity contribution in [2.75, 3.05) is 6.54 Å². The number of likely N-dealkylation sites (tertiary alicyclic amines) is 1. The highest BCUT2D eigenvalue weighted by Gasteiger charge is 2.38. The summed E-state index contributed by atoms with van der Waals surface area (Å²) in [5, 5.41) is 14.4. The van der Waals surface area contributed by atoms with Gasteiger partial charge in [0.05, 0.1) is 12.4 Å². The van der Waals surface area contributed by atoms with E-state index < -0.39 is 59.7 Å². The van der Waals surface area contributed by atoms with Gasteiger partial charge in [-0.2, -0.15) is 0 Å². The van der Waals surface area contributed by atoms with Crippen molar-refractivity contribution in [2.24, 2.45) is 17.2 Å². The van der Waals surface area contributed by atoms with Crippen LogP contribution in [0.1, 0.15) is 44.2 Å². The summed E-state index contributed by atoms with van der Waals surface area (Å²) < 4.78 is 0. The molecule has 1 aliphatic heterocycles. The molecule has 1 aliphatic rings. The van der Waals surface area contributed by atoms with Crippen LogP contribution in [0.15, 0.2) is 12.5 Å². The van der Waals surface area contributed by atoms with E-state index in [1.165, 1.54) is 17.4 Å². The summed E-state index contributed by atoms with van der Waals surface area (Å²) >= 11 is 0. The first kappa shape index (κ1) is 28.2. The number of nitrogens with one attached hydrogen (secondary N) is 3. The number of carbonyl (C=O) groups excluding carboxylic acids is 5. The van der Waals surface area contributed by atoms with E-state index in [0.717, 1.165) is 0 Å². The lowest BCUT2D eigenvalue weighted by Gasteiger charge is -2.28. The number of carboxylic acid groups (broad SMARTS) is 1. The molecular formula is C21H32N8O7. The molecule has 15 heteroatoms. The number of H-pyrrole nitrogens is 1. The van der Waals surface area contributed by atoms with Crippen LogP contribution in [0.25, 0.3) is 0 Å². The van der Waals surface area contributed by atoms with Gasteiger partial charge in [-0.25, -0.2) is 9.78 Å². The van der Waals surface area contributed by atoms with Crippen molar-refractivity contribution >= 4 is 35.5 Å². The Labute approximate surface area is 206 Å². The quantitative estimate of drug-likeness (QED) is 0.134. The maximum Gasteiger partial charge on any atom is 0.326 e. The number of rotatable bonds is 14. The first-order valence-electron chi connectivity index (χ1n) is 11.4. The third-order valence-corrected chi connectivity index (χ3v) is 5.77. The lowest BCUT2D eigenvalue weighted by molar-refractivity contribution is -0.149.